The third kappa shape index (κ3) is 1.72. The Hall–Kier alpha value is -1.43. The first-order chi connectivity index (χ1) is 7.13. The standard InChI is InChI=1S/C9H14N4O2/c10-9(4-2-1-3-5-9)7-6-11-12-8(7)13(14)15/h6H,1-5,10H2,(H,11,12). The topological polar surface area (TPSA) is 97.8 Å². The molecule has 0 unspecified atom stereocenters. The van der Waals surface area contributed by atoms with E-state index in [1.807, 2.05) is 0 Å². The second kappa shape index (κ2) is 3.62. The van der Waals surface area contributed by atoms with Crippen LogP contribution in [0, 0.1) is 10.1 Å². The number of nitrogens with two attached hydrogens (primary N) is 1. The number of nitrogens with one attached hydrogen (secondary N) is 1. The van der Waals surface area contributed by atoms with Crippen LogP contribution in [-0.4, -0.2) is 15.1 Å². The summed E-state index contributed by atoms with van der Waals surface area (Å²) in [6, 6.07) is 0. The summed E-state index contributed by atoms with van der Waals surface area (Å²) in [7, 11) is 0. The molecule has 1 heterocycles. The molecule has 2 rings (SSSR count). The Morgan fingerprint density at radius 1 is 1.47 bits per heavy atom. The Morgan fingerprint density at radius 2 is 2.13 bits per heavy atom. The van der Waals surface area contributed by atoms with Crippen LogP contribution in [0.15, 0.2) is 6.20 Å². The Labute approximate surface area is 87.0 Å². The van der Waals surface area contributed by atoms with Crippen LogP contribution in [0.1, 0.15) is 37.7 Å². The van der Waals surface area contributed by atoms with Crippen LogP contribution in [0.3, 0.4) is 0 Å². The van der Waals surface area contributed by atoms with Gasteiger partial charge in [-0.25, -0.2) is 0 Å². The summed E-state index contributed by atoms with van der Waals surface area (Å²) in [4.78, 5) is 10.3. The third-order valence-electron chi connectivity index (χ3n) is 3.08. The first kappa shape index (κ1) is 10.1. The SMILES string of the molecule is NC1(c2cn[nH]c2[N+](=O)[O-])CCCCC1. The van der Waals surface area contributed by atoms with Crippen molar-refractivity contribution in [2.45, 2.75) is 37.6 Å². The van der Waals surface area contributed by atoms with E-state index in [0.717, 1.165) is 32.1 Å². The summed E-state index contributed by atoms with van der Waals surface area (Å²) in [6.45, 7) is 0. The molecule has 15 heavy (non-hydrogen) atoms. The second-order valence-electron chi connectivity index (χ2n) is 4.11. The molecule has 82 valence electrons. The molecule has 0 aromatic carbocycles. The molecule has 1 saturated carbocycles. The zero-order valence-electron chi connectivity index (χ0n) is 8.40. The van der Waals surface area contributed by atoms with Gasteiger partial charge in [-0.3, -0.25) is 0 Å². The van der Waals surface area contributed by atoms with E-state index < -0.39 is 10.5 Å². The minimum atomic E-state index is -0.562. The number of hydrogen-bond donors (Lipinski definition) is 2. The van der Waals surface area contributed by atoms with E-state index in [4.69, 9.17) is 5.73 Å². The molecule has 0 amide bonds. The van der Waals surface area contributed by atoms with Crippen molar-refractivity contribution < 1.29 is 4.92 Å². The third-order valence-corrected chi connectivity index (χ3v) is 3.08. The lowest BCUT2D eigenvalue weighted by Gasteiger charge is -2.31. The van der Waals surface area contributed by atoms with E-state index in [1.54, 1.807) is 0 Å². The van der Waals surface area contributed by atoms with Crippen molar-refractivity contribution in [3.8, 4) is 0 Å². The highest BCUT2D eigenvalue weighted by atomic mass is 16.6. The zero-order valence-corrected chi connectivity index (χ0v) is 8.40. The number of H-pyrrole nitrogens is 1. The van der Waals surface area contributed by atoms with Gasteiger partial charge < -0.3 is 15.8 Å². The maximum absolute atomic E-state index is 10.7. The summed E-state index contributed by atoms with van der Waals surface area (Å²) in [6.07, 6.45) is 6.30. The average molecular weight is 210 g/mol. The maximum atomic E-state index is 10.7. The molecule has 1 aliphatic carbocycles. The lowest BCUT2D eigenvalue weighted by molar-refractivity contribution is -0.390. The van der Waals surface area contributed by atoms with Crippen molar-refractivity contribution in [2.24, 2.45) is 5.73 Å². The molecule has 0 spiro atoms. The van der Waals surface area contributed by atoms with Crippen molar-refractivity contribution >= 4 is 5.82 Å². The fourth-order valence-corrected chi connectivity index (χ4v) is 2.23. The monoisotopic (exact) mass is 210 g/mol. The molecule has 6 heteroatoms. The normalized spacial score (nSPS) is 20.1. The predicted octanol–water partition coefficient (Wildman–Crippen LogP) is 1.44. The molecule has 0 bridgehead atoms. The van der Waals surface area contributed by atoms with E-state index in [1.165, 1.54) is 6.20 Å². The van der Waals surface area contributed by atoms with Crippen molar-refractivity contribution in [2.75, 3.05) is 0 Å². The lowest BCUT2D eigenvalue weighted by Crippen LogP contribution is -2.38. The zero-order chi connectivity index (χ0) is 10.9. The average Bonchev–Trinajstić information content (AvgIpc) is 2.67. The second-order valence-corrected chi connectivity index (χ2v) is 4.11. The number of aromatic amines is 1. The molecule has 1 fully saturated rings. The van der Waals surface area contributed by atoms with Crippen LogP contribution in [0.4, 0.5) is 5.82 Å². The summed E-state index contributed by atoms with van der Waals surface area (Å²) in [5, 5.41) is 16.9. The van der Waals surface area contributed by atoms with Gasteiger partial charge >= 0.3 is 5.82 Å². The van der Waals surface area contributed by atoms with Gasteiger partial charge in [0.2, 0.25) is 0 Å². The first-order valence-electron chi connectivity index (χ1n) is 5.11. The van der Waals surface area contributed by atoms with E-state index in [2.05, 4.69) is 10.2 Å². The molecule has 0 atom stereocenters. The fourth-order valence-electron chi connectivity index (χ4n) is 2.23. The van der Waals surface area contributed by atoms with Gasteiger partial charge in [0, 0.05) is 0 Å². The van der Waals surface area contributed by atoms with Crippen LogP contribution in [0.2, 0.25) is 0 Å². The summed E-state index contributed by atoms with van der Waals surface area (Å²) in [5.41, 5.74) is 6.19. The van der Waals surface area contributed by atoms with Gasteiger partial charge in [0.1, 0.15) is 0 Å². The van der Waals surface area contributed by atoms with Gasteiger partial charge in [-0.2, -0.15) is 0 Å². The van der Waals surface area contributed by atoms with Crippen LogP contribution >= 0.6 is 0 Å². The number of nitrogens with zero attached hydrogens (tertiary/aromatic N) is 2. The molecular formula is C9H14N4O2. The summed E-state index contributed by atoms with van der Waals surface area (Å²) in [5.74, 6) is -0.0561. The predicted molar refractivity (Wildman–Crippen MR) is 54.2 cm³/mol. The first-order valence-corrected chi connectivity index (χ1v) is 5.11. The van der Waals surface area contributed by atoms with Crippen LogP contribution in [-0.2, 0) is 5.54 Å². The van der Waals surface area contributed by atoms with Crippen LogP contribution in [0.25, 0.3) is 0 Å². The molecule has 1 aromatic heterocycles. The largest absolute Gasteiger partial charge is 0.358 e. The Morgan fingerprint density at radius 3 is 2.73 bits per heavy atom. The van der Waals surface area contributed by atoms with Crippen molar-refractivity contribution in [3.63, 3.8) is 0 Å². The van der Waals surface area contributed by atoms with E-state index in [-0.39, 0.29) is 5.82 Å². The maximum Gasteiger partial charge on any atom is 0.347 e. The van der Waals surface area contributed by atoms with Crippen LogP contribution in [0.5, 0.6) is 0 Å². The van der Waals surface area contributed by atoms with Crippen molar-refractivity contribution in [1.29, 1.82) is 0 Å². The van der Waals surface area contributed by atoms with Gasteiger partial charge in [0.25, 0.3) is 0 Å². The minimum absolute atomic E-state index is 0.0561. The van der Waals surface area contributed by atoms with Gasteiger partial charge in [0.05, 0.1) is 17.3 Å². The highest BCUT2D eigenvalue weighted by Crippen LogP contribution is 2.37. The Bertz CT molecular complexity index is 368. The molecule has 3 N–H and O–H groups in total. The van der Waals surface area contributed by atoms with E-state index in [0.29, 0.717) is 5.56 Å². The number of nitro groups is 1. The van der Waals surface area contributed by atoms with Gasteiger partial charge in [-0.05, 0) is 17.8 Å². The highest BCUT2D eigenvalue weighted by molar-refractivity contribution is 5.36. The number of hydrogen-bond acceptors (Lipinski definition) is 4. The van der Waals surface area contributed by atoms with Crippen molar-refractivity contribution in [3.05, 3.63) is 21.9 Å². The van der Waals surface area contributed by atoms with Crippen LogP contribution < -0.4 is 5.73 Å². The molecule has 0 radical (unpaired) electrons. The van der Waals surface area contributed by atoms with E-state index in [9.17, 15) is 10.1 Å². The molecular weight excluding hydrogens is 196 g/mol. The summed E-state index contributed by atoms with van der Waals surface area (Å²) < 4.78 is 0. The molecule has 0 saturated heterocycles. The Balaban J connectivity index is 2.34. The molecule has 1 aromatic rings. The Kier molecular flexibility index (Phi) is 2.44. The van der Waals surface area contributed by atoms with E-state index >= 15 is 0 Å². The van der Waals surface area contributed by atoms with Crippen molar-refractivity contribution in [1.82, 2.24) is 10.2 Å². The highest BCUT2D eigenvalue weighted by Gasteiger charge is 2.36. The smallest absolute Gasteiger partial charge is 0.347 e. The van der Waals surface area contributed by atoms with Gasteiger partial charge in [-0.15, -0.1) is 5.10 Å². The summed E-state index contributed by atoms with van der Waals surface area (Å²) >= 11 is 0. The molecule has 6 nitrogen and oxygen atoms in total. The lowest BCUT2D eigenvalue weighted by atomic mass is 9.78. The molecule has 0 aliphatic heterocycles. The fraction of sp³-hybridized carbons (Fsp3) is 0.667. The number of aromatic nitrogens is 2. The van der Waals surface area contributed by atoms with Gasteiger partial charge in [-0.1, -0.05) is 24.4 Å². The number of rotatable bonds is 2. The van der Waals surface area contributed by atoms with Gasteiger partial charge in [0.15, 0.2) is 0 Å². The quantitative estimate of drug-likeness (QED) is 0.570. The molecule has 1 aliphatic rings. The minimum Gasteiger partial charge on any atom is -0.358 e.